The van der Waals surface area contributed by atoms with Crippen LogP contribution in [0.5, 0.6) is 0 Å². The Labute approximate surface area is 310 Å². The molecule has 4 atom stereocenters. The van der Waals surface area contributed by atoms with Gasteiger partial charge in [-0.2, -0.15) is 0 Å². The highest BCUT2D eigenvalue weighted by Crippen LogP contribution is 2.44. The quantitative estimate of drug-likeness (QED) is 0.0622. The lowest BCUT2D eigenvalue weighted by molar-refractivity contribution is -0.268. The molecule has 0 saturated carbocycles. The lowest BCUT2D eigenvalue weighted by Crippen LogP contribution is -2.38. The molecule has 6 aromatic rings. The molecule has 7 rings (SSSR count). The van der Waals surface area contributed by atoms with Crippen LogP contribution in [0.2, 0.25) is 0 Å². The molecule has 5 aromatic carbocycles. The highest BCUT2D eigenvalue weighted by molar-refractivity contribution is 7.99. The minimum Gasteiger partial charge on any atom is -0.431 e. The molecule has 7 nitrogen and oxygen atoms in total. The zero-order chi connectivity index (χ0) is 37.9. The summed E-state index contributed by atoms with van der Waals surface area (Å²) in [5, 5.41) is 12.2. The van der Waals surface area contributed by atoms with Gasteiger partial charge in [-0.1, -0.05) is 116 Å². The Kier molecular flexibility index (Phi) is 10.9. The standard InChI is InChI=1S/C41H31F5N2O5S/c1-22-29(21-54-41-48-36(24-9-4-2-5-10-24)38(53-41)25-11-6-3-7-12-25)51-40(52-37(22)26-17-15-23(20-49)16-18-26)27-13-8-14-28(19-27)47-39(50)30-31(42)33(44)35(46)34(45)32(30)43/h2-19,22,29,37,40,49H,20-21H2,1H3,(H,47,50). The second-order valence-corrected chi connectivity index (χ2v) is 13.5. The van der Waals surface area contributed by atoms with Gasteiger partial charge in [0.2, 0.25) is 5.82 Å². The predicted octanol–water partition coefficient (Wildman–Crippen LogP) is 10.0. The predicted molar refractivity (Wildman–Crippen MR) is 192 cm³/mol. The van der Waals surface area contributed by atoms with Crippen LogP contribution in [0.1, 0.15) is 46.4 Å². The lowest BCUT2D eigenvalue weighted by Gasteiger charge is -2.41. The SMILES string of the molecule is CC1C(CSc2nc(-c3ccccc3)c(-c3ccccc3)o2)OC(c2cccc(NC(=O)c3c(F)c(F)c(F)c(F)c3F)c2)OC1c1ccc(CO)cc1. The molecule has 0 bridgehead atoms. The van der Waals surface area contributed by atoms with Gasteiger partial charge in [-0.15, -0.1) is 0 Å². The Morgan fingerprint density at radius 3 is 2.04 bits per heavy atom. The number of benzene rings is 5. The van der Waals surface area contributed by atoms with E-state index in [9.17, 15) is 31.9 Å². The van der Waals surface area contributed by atoms with Crippen LogP contribution in [0.25, 0.3) is 22.6 Å². The summed E-state index contributed by atoms with van der Waals surface area (Å²) in [6.07, 6.45) is -2.00. The zero-order valence-corrected chi connectivity index (χ0v) is 29.3. The van der Waals surface area contributed by atoms with E-state index in [1.807, 2.05) is 79.7 Å². The van der Waals surface area contributed by atoms with Crippen LogP contribution in [0.3, 0.4) is 0 Å². The van der Waals surface area contributed by atoms with Crippen molar-refractivity contribution in [2.75, 3.05) is 11.1 Å². The van der Waals surface area contributed by atoms with Crippen molar-refractivity contribution >= 4 is 23.4 Å². The Morgan fingerprint density at radius 2 is 1.39 bits per heavy atom. The molecular formula is C41H31F5N2O5S. The highest BCUT2D eigenvalue weighted by Gasteiger charge is 2.39. The first kappa shape index (κ1) is 37.0. The number of aromatic nitrogens is 1. The third kappa shape index (κ3) is 7.53. The molecule has 1 amide bonds. The van der Waals surface area contributed by atoms with Crippen LogP contribution < -0.4 is 5.32 Å². The Bertz CT molecular complexity index is 2190. The molecule has 0 spiro atoms. The number of rotatable bonds is 10. The number of halogens is 5. The molecule has 2 heterocycles. The summed E-state index contributed by atoms with van der Waals surface area (Å²) in [6, 6.07) is 32.6. The van der Waals surface area contributed by atoms with Crippen LogP contribution in [-0.2, 0) is 16.1 Å². The molecule has 0 aliphatic carbocycles. The van der Waals surface area contributed by atoms with Gasteiger partial charge in [-0.05, 0) is 23.3 Å². The van der Waals surface area contributed by atoms with E-state index in [0.29, 0.717) is 33.6 Å². The molecule has 1 saturated heterocycles. The fraction of sp³-hybridized carbons (Fsp3) is 0.171. The van der Waals surface area contributed by atoms with E-state index in [1.54, 1.807) is 18.2 Å². The number of aliphatic hydroxyl groups is 1. The van der Waals surface area contributed by atoms with Crippen molar-refractivity contribution in [2.45, 2.75) is 37.3 Å². The maximum atomic E-state index is 14.4. The van der Waals surface area contributed by atoms with E-state index >= 15 is 0 Å². The van der Waals surface area contributed by atoms with Crippen molar-refractivity contribution in [3.05, 3.63) is 161 Å². The largest absolute Gasteiger partial charge is 0.431 e. The lowest BCUT2D eigenvalue weighted by atomic mass is 9.91. The molecule has 13 heteroatoms. The smallest absolute Gasteiger partial charge is 0.261 e. The summed E-state index contributed by atoms with van der Waals surface area (Å²) >= 11 is 1.36. The topological polar surface area (TPSA) is 93.8 Å². The van der Waals surface area contributed by atoms with Gasteiger partial charge in [0.1, 0.15) is 11.3 Å². The maximum Gasteiger partial charge on any atom is 0.261 e. The fourth-order valence-corrected chi connectivity index (χ4v) is 7.15. The van der Waals surface area contributed by atoms with Crippen molar-refractivity contribution in [2.24, 2.45) is 5.92 Å². The molecule has 2 N–H and O–H groups in total. The second-order valence-electron chi connectivity index (χ2n) is 12.5. The summed E-state index contributed by atoms with van der Waals surface area (Å²) in [6.45, 7) is 1.84. The van der Waals surface area contributed by atoms with Crippen molar-refractivity contribution in [1.82, 2.24) is 4.98 Å². The van der Waals surface area contributed by atoms with E-state index in [4.69, 9.17) is 18.9 Å². The summed E-state index contributed by atoms with van der Waals surface area (Å²) in [5.74, 6) is -12.1. The molecule has 1 aliphatic rings. The van der Waals surface area contributed by atoms with E-state index in [-0.39, 0.29) is 18.2 Å². The van der Waals surface area contributed by atoms with E-state index < -0.39 is 59.1 Å². The average Bonchev–Trinajstić information content (AvgIpc) is 3.64. The van der Waals surface area contributed by atoms with E-state index in [2.05, 4.69) is 5.32 Å². The van der Waals surface area contributed by atoms with Crippen molar-refractivity contribution in [3.8, 4) is 22.6 Å². The third-order valence-corrected chi connectivity index (χ3v) is 9.96. The first-order chi connectivity index (χ1) is 26.1. The van der Waals surface area contributed by atoms with E-state index in [0.717, 1.165) is 16.7 Å². The number of anilines is 1. The first-order valence-corrected chi connectivity index (χ1v) is 17.8. The van der Waals surface area contributed by atoms with Crippen LogP contribution in [0.15, 0.2) is 119 Å². The van der Waals surface area contributed by atoms with Crippen LogP contribution in [0.4, 0.5) is 27.6 Å². The summed E-state index contributed by atoms with van der Waals surface area (Å²) in [4.78, 5) is 17.7. The van der Waals surface area contributed by atoms with Crippen molar-refractivity contribution in [1.29, 1.82) is 0 Å². The minimum atomic E-state index is -2.37. The molecule has 1 aromatic heterocycles. The molecule has 54 heavy (non-hydrogen) atoms. The number of aliphatic hydroxyl groups excluding tert-OH is 1. The summed E-state index contributed by atoms with van der Waals surface area (Å²) < 4.78 is 89.4. The maximum absolute atomic E-state index is 14.4. The van der Waals surface area contributed by atoms with Gasteiger partial charge in [0, 0.05) is 34.0 Å². The molecule has 1 aliphatic heterocycles. The number of ether oxygens (including phenoxy) is 2. The van der Waals surface area contributed by atoms with Gasteiger partial charge in [-0.3, -0.25) is 4.79 Å². The van der Waals surface area contributed by atoms with Crippen LogP contribution in [0, 0.1) is 35.0 Å². The summed E-state index contributed by atoms with van der Waals surface area (Å²) in [5.41, 5.74) is 2.75. The number of nitrogens with zero attached hydrogens (tertiary/aromatic N) is 1. The molecule has 1 fully saturated rings. The number of hydrogen-bond donors (Lipinski definition) is 2. The Hall–Kier alpha value is -5.34. The van der Waals surface area contributed by atoms with Gasteiger partial charge in [0.15, 0.2) is 35.3 Å². The Balaban J connectivity index is 1.17. The van der Waals surface area contributed by atoms with Crippen LogP contribution >= 0.6 is 11.8 Å². The van der Waals surface area contributed by atoms with Crippen LogP contribution in [-0.4, -0.2) is 27.9 Å². The number of carbonyl (C=O) groups is 1. The molecule has 276 valence electrons. The van der Waals surface area contributed by atoms with E-state index in [1.165, 1.54) is 30.0 Å². The highest BCUT2D eigenvalue weighted by atomic mass is 32.2. The fourth-order valence-electron chi connectivity index (χ4n) is 6.16. The monoisotopic (exact) mass is 758 g/mol. The Morgan fingerprint density at radius 1 is 0.759 bits per heavy atom. The summed E-state index contributed by atoms with van der Waals surface area (Å²) in [7, 11) is 0. The van der Waals surface area contributed by atoms with Gasteiger partial charge < -0.3 is 24.3 Å². The van der Waals surface area contributed by atoms with Gasteiger partial charge in [0.25, 0.3) is 11.1 Å². The molecule has 4 unspecified atom stereocenters. The van der Waals surface area contributed by atoms with Gasteiger partial charge >= 0.3 is 0 Å². The number of oxazole rings is 1. The normalized spacial score (nSPS) is 18.4. The first-order valence-electron chi connectivity index (χ1n) is 16.8. The number of carbonyl (C=O) groups excluding carboxylic acids is 1. The van der Waals surface area contributed by atoms with Crippen molar-refractivity contribution < 1.29 is 45.7 Å². The number of amides is 1. The average molecular weight is 759 g/mol. The minimum absolute atomic E-state index is 0.0105. The van der Waals surface area contributed by atoms with Gasteiger partial charge in [-0.25, -0.2) is 26.9 Å². The zero-order valence-electron chi connectivity index (χ0n) is 28.4. The second kappa shape index (κ2) is 15.9. The number of hydrogen-bond acceptors (Lipinski definition) is 7. The number of thioether (sulfide) groups is 1. The van der Waals surface area contributed by atoms with Crippen molar-refractivity contribution in [3.63, 3.8) is 0 Å². The van der Waals surface area contributed by atoms with Gasteiger partial charge in [0.05, 0.1) is 18.8 Å². The number of nitrogens with one attached hydrogen (secondary N) is 1. The molecular weight excluding hydrogens is 728 g/mol. The molecule has 0 radical (unpaired) electrons. The third-order valence-electron chi connectivity index (χ3n) is 9.04.